The van der Waals surface area contributed by atoms with Crippen LogP contribution in [0.15, 0.2) is 100 Å². The number of rotatable bonds is 9. The zero-order valence-corrected chi connectivity index (χ0v) is 29.3. The topological polar surface area (TPSA) is 147 Å². The number of hydrogen-bond donors (Lipinski definition) is 4. The van der Waals surface area contributed by atoms with Gasteiger partial charge in [0, 0.05) is 34.9 Å². The Morgan fingerprint density at radius 2 is 1.27 bits per heavy atom. The summed E-state index contributed by atoms with van der Waals surface area (Å²) in [5.74, 6) is -2.20. The number of hydrogen-bond acceptors (Lipinski definition) is 6. The third kappa shape index (κ3) is 6.04. The molecule has 1 fully saturated rings. The predicted molar refractivity (Wildman–Crippen MR) is 199 cm³/mol. The van der Waals surface area contributed by atoms with Crippen molar-refractivity contribution in [3.05, 3.63) is 119 Å². The Labute approximate surface area is 295 Å². The van der Waals surface area contributed by atoms with Gasteiger partial charge in [-0.05, 0) is 104 Å². The maximum absolute atomic E-state index is 13.3. The lowest BCUT2D eigenvalue weighted by Gasteiger charge is -2.36. The summed E-state index contributed by atoms with van der Waals surface area (Å²) >= 11 is 0. The first-order chi connectivity index (χ1) is 24.3. The molecular formula is C40H36N3O7S+. The van der Waals surface area contributed by atoms with Gasteiger partial charge in [0.15, 0.2) is 0 Å². The van der Waals surface area contributed by atoms with Crippen molar-refractivity contribution in [2.45, 2.75) is 45.1 Å². The molecule has 6 aromatic rings. The van der Waals surface area contributed by atoms with Gasteiger partial charge >= 0.3 is 23.1 Å². The number of anilines is 4. The standard InChI is InChI=1S/C40H35N3O7S/c1-22-8-7-9-23(2)37(22)41-26-12-14-31-34(20-26)50-35-21-27(13-15-32(35)36(31)29-10-5-6-11-30(29)39(44)45)42-38-24(3)18-28(19-25(38)4)51(48,49)43-17-16-33(43)40(46)47/h5-15,18-21,33,41-42H,16-17H2,1-4H3,(H-,44,45,46,47)/p+1. The van der Waals surface area contributed by atoms with Crippen LogP contribution in [0, 0.1) is 27.7 Å². The normalized spacial score (nSPS) is 14.7. The average Bonchev–Trinajstić information content (AvgIpc) is 3.05. The number of aliphatic carboxylic acids is 1. The van der Waals surface area contributed by atoms with Crippen LogP contribution in [-0.4, -0.2) is 47.5 Å². The predicted octanol–water partition coefficient (Wildman–Crippen LogP) is 8.80. The largest absolute Gasteiger partial charge is 0.480 e. The molecule has 11 heteroatoms. The highest BCUT2D eigenvalue weighted by Crippen LogP contribution is 2.41. The fourth-order valence-electron chi connectivity index (χ4n) is 6.83. The minimum atomic E-state index is -3.99. The average molecular weight is 703 g/mol. The minimum absolute atomic E-state index is 0.0426. The maximum atomic E-state index is 13.3. The van der Waals surface area contributed by atoms with Crippen LogP contribution in [0.3, 0.4) is 0 Å². The van der Waals surface area contributed by atoms with Crippen LogP contribution in [0.2, 0.25) is 0 Å². The van der Waals surface area contributed by atoms with Gasteiger partial charge in [-0.25, -0.2) is 17.6 Å². The molecule has 1 saturated heterocycles. The molecule has 0 aliphatic carbocycles. The highest BCUT2D eigenvalue weighted by molar-refractivity contribution is 7.89. The number of benzene rings is 5. The number of aryl methyl sites for hydroxylation is 4. The molecule has 10 nitrogen and oxygen atoms in total. The molecule has 51 heavy (non-hydrogen) atoms. The van der Waals surface area contributed by atoms with Gasteiger partial charge in [0.05, 0.1) is 33.4 Å². The molecule has 0 amide bonds. The Balaban J connectivity index is 1.33. The number of nitrogens with zero attached hydrogens (tertiary/aromatic N) is 1. The molecule has 1 aliphatic rings. The Bertz CT molecular complexity index is 2490. The summed E-state index contributed by atoms with van der Waals surface area (Å²) < 4.78 is 34.2. The van der Waals surface area contributed by atoms with E-state index in [1.165, 1.54) is 0 Å². The van der Waals surface area contributed by atoms with E-state index in [0.29, 0.717) is 39.2 Å². The van der Waals surface area contributed by atoms with E-state index in [1.54, 1.807) is 44.2 Å². The monoisotopic (exact) mass is 702 g/mol. The molecule has 1 unspecified atom stereocenters. The van der Waals surface area contributed by atoms with E-state index >= 15 is 0 Å². The van der Waals surface area contributed by atoms with E-state index in [2.05, 4.69) is 10.6 Å². The van der Waals surface area contributed by atoms with Gasteiger partial charge in [-0.2, -0.15) is 4.31 Å². The van der Waals surface area contributed by atoms with Gasteiger partial charge in [0.25, 0.3) is 0 Å². The second-order valence-corrected chi connectivity index (χ2v) is 14.8. The van der Waals surface area contributed by atoms with Crippen LogP contribution in [0.5, 0.6) is 0 Å². The lowest BCUT2D eigenvalue weighted by Crippen LogP contribution is -2.54. The molecule has 2 heterocycles. The lowest BCUT2D eigenvalue weighted by molar-refractivity contribution is -0.144. The Kier molecular flexibility index (Phi) is 8.48. The summed E-state index contributed by atoms with van der Waals surface area (Å²) in [4.78, 5) is 24.0. The molecule has 1 aromatic heterocycles. The third-order valence-electron chi connectivity index (χ3n) is 9.54. The van der Waals surface area contributed by atoms with Gasteiger partial charge in [-0.3, -0.25) is 4.79 Å². The van der Waals surface area contributed by atoms with Gasteiger partial charge < -0.3 is 20.8 Å². The molecule has 5 aromatic carbocycles. The highest BCUT2D eigenvalue weighted by Gasteiger charge is 2.43. The molecule has 0 radical (unpaired) electrons. The van der Waals surface area contributed by atoms with Crippen molar-refractivity contribution in [3.8, 4) is 11.1 Å². The van der Waals surface area contributed by atoms with Crippen molar-refractivity contribution >= 4 is 66.6 Å². The molecule has 0 saturated carbocycles. The summed E-state index contributed by atoms with van der Waals surface area (Å²) in [5, 5.41) is 28.0. The van der Waals surface area contributed by atoms with Gasteiger partial charge in [0.1, 0.15) is 6.04 Å². The summed E-state index contributed by atoms with van der Waals surface area (Å²) in [7, 11) is -3.99. The van der Waals surface area contributed by atoms with Crippen molar-refractivity contribution in [3.63, 3.8) is 0 Å². The fourth-order valence-corrected chi connectivity index (χ4v) is 8.63. The van der Waals surface area contributed by atoms with Gasteiger partial charge in [-0.1, -0.05) is 36.4 Å². The van der Waals surface area contributed by atoms with E-state index in [1.807, 2.05) is 74.5 Å². The van der Waals surface area contributed by atoms with E-state index in [-0.39, 0.29) is 23.4 Å². The number of aromatic carboxylic acids is 1. The number of nitrogens with one attached hydrogen (secondary N) is 2. The summed E-state index contributed by atoms with van der Waals surface area (Å²) in [6, 6.07) is 26.4. The quantitative estimate of drug-likeness (QED) is 0.0857. The number of carbonyl (C=O) groups is 2. The Morgan fingerprint density at radius 3 is 1.78 bits per heavy atom. The van der Waals surface area contributed by atoms with Crippen molar-refractivity contribution in [2.24, 2.45) is 0 Å². The maximum Gasteiger partial charge on any atom is 0.363 e. The van der Waals surface area contributed by atoms with Crippen molar-refractivity contribution in [1.29, 1.82) is 0 Å². The molecule has 0 spiro atoms. The molecule has 1 atom stereocenters. The summed E-state index contributed by atoms with van der Waals surface area (Å²) in [5.41, 5.74) is 9.21. The first-order valence-corrected chi connectivity index (χ1v) is 17.9. The molecular weight excluding hydrogens is 667 g/mol. The number of carboxylic acids is 2. The van der Waals surface area contributed by atoms with E-state index in [4.69, 9.17) is 4.42 Å². The summed E-state index contributed by atoms with van der Waals surface area (Å²) in [6.45, 7) is 7.84. The zero-order chi connectivity index (χ0) is 36.2. The first kappa shape index (κ1) is 33.7. The molecule has 1 aliphatic heterocycles. The highest BCUT2D eigenvalue weighted by atomic mass is 32.2. The third-order valence-corrected chi connectivity index (χ3v) is 11.4. The zero-order valence-electron chi connectivity index (χ0n) is 28.4. The first-order valence-electron chi connectivity index (χ1n) is 16.5. The molecule has 258 valence electrons. The summed E-state index contributed by atoms with van der Waals surface area (Å²) in [6.07, 6.45) is 0.280. The van der Waals surface area contributed by atoms with Gasteiger partial charge in [-0.15, -0.1) is 0 Å². The molecule has 0 bridgehead atoms. The fraction of sp³-hybridized carbons (Fsp3) is 0.175. The van der Waals surface area contributed by atoms with Crippen molar-refractivity contribution in [2.75, 3.05) is 17.2 Å². The molecule has 7 rings (SSSR count). The minimum Gasteiger partial charge on any atom is -0.480 e. The number of carboxylic acid groups (broad SMARTS) is 2. The van der Waals surface area contributed by atoms with E-state index in [0.717, 1.165) is 43.1 Å². The molecule has 4 N–H and O–H groups in total. The van der Waals surface area contributed by atoms with Crippen molar-refractivity contribution < 1.29 is 32.6 Å². The Hall–Kier alpha value is -5.78. The van der Waals surface area contributed by atoms with Crippen LogP contribution < -0.4 is 10.6 Å². The van der Waals surface area contributed by atoms with Crippen molar-refractivity contribution in [1.82, 2.24) is 4.31 Å². The van der Waals surface area contributed by atoms with Crippen LogP contribution in [0.4, 0.5) is 22.7 Å². The van der Waals surface area contributed by atoms with E-state index in [9.17, 15) is 28.2 Å². The Morgan fingerprint density at radius 1 is 0.725 bits per heavy atom. The van der Waals surface area contributed by atoms with E-state index < -0.39 is 28.0 Å². The smallest absolute Gasteiger partial charge is 0.363 e. The second-order valence-electron chi connectivity index (χ2n) is 13.0. The van der Waals surface area contributed by atoms with Crippen LogP contribution >= 0.6 is 0 Å². The lowest BCUT2D eigenvalue weighted by atomic mass is 9.93. The number of fused-ring (bicyclic) bond motifs is 2. The number of sulfonamides is 1. The van der Waals surface area contributed by atoms with Crippen LogP contribution in [0.1, 0.15) is 39.0 Å². The van der Waals surface area contributed by atoms with Crippen LogP contribution in [0.25, 0.3) is 33.1 Å². The van der Waals surface area contributed by atoms with Gasteiger partial charge in [0.2, 0.25) is 10.0 Å². The second kappa shape index (κ2) is 12.8. The van der Waals surface area contributed by atoms with Crippen LogP contribution in [-0.2, 0) is 14.8 Å². The SMILES string of the molecule is Cc1cccc(C)c1Nc1ccc2c(-c3ccccc3C(=O)O)c3ccc(Nc4c(C)cc(S(=O)(=O)N5CCC5C(=O)O)cc4C)cc3[o+]c2c1. The number of para-hydroxylation sites is 1.